The SMILES string of the molecule is N#CC1(NC(=O)[C@@H]2Cc3ccc(c(Cl)c3)OC/C=C/COc3ccc(C4CNC4)cc3C(=O)N2)CC1. The quantitative estimate of drug-likeness (QED) is 0.552. The van der Waals surface area contributed by atoms with E-state index in [9.17, 15) is 14.9 Å². The molecule has 9 heteroatoms. The first-order valence-electron chi connectivity index (χ1n) is 12.0. The molecule has 1 atom stereocenters. The second-order valence-corrected chi connectivity index (χ2v) is 9.79. The Kier molecular flexibility index (Phi) is 6.86. The van der Waals surface area contributed by atoms with Crippen LogP contribution in [0.25, 0.3) is 0 Å². The summed E-state index contributed by atoms with van der Waals surface area (Å²) >= 11 is 6.41. The number of carbonyl (C=O) groups is 2. The molecule has 2 bridgehead atoms. The minimum atomic E-state index is -0.916. The molecule has 2 amide bonds. The maximum atomic E-state index is 13.6. The van der Waals surface area contributed by atoms with Crippen LogP contribution < -0.4 is 25.4 Å². The number of halogens is 1. The van der Waals surface area contributed by atoms with Crippen LogP contribution in [0.2, 0.25) is 5.02 Å². The van der Waals surface area contributed by atoms with Gasteiger partial charge in [0.2, 0.25) is 5.91 Å². The zero-order valence-corrected chi connectivity index (χ0v) is 20.4. The van der Waals surface area contributed by atoms with Gasteiger partial charge in [-0.25, -0.2) is 0 Å². The van der Waals surface area contributed by atoms with E-state index in [2.05, 4.69) is 22.0 Å². The molecule has 1 aliphatic carbocycles. The van der Waals surface area contributed by atoms with Gasteiger partial charge in [0.25, 0.3) is 5.91 Å². The highest BCUT2D eigenvalue weighted by Crippen LogP contribution is 2.34. The van der Waals surface area contributed by atoms with Crippen LogP contribution in [0.15, 0.2) is 48.6 Å². The van der Waals surface area contributed by atoms with E-state index in [0.29, 0.717) is 47.5 Å². The highest BCUT2D eigenvalue weighted by Gasteiger charge is 2.45. The lowest BCUT2D eigenvalue weighted by Crippen LogP contribution is -2.51. The Morgan fingerprint density at radius 2 is 1.81 bits per heavy atom. The summed E-state index contributed by atoms with van der Waals surface area (Å²) in [6, 6.07) is 12.2. The summed E-state index contributed by atoms with van der Waals surface area (Å²) in [5, 5.41) is 18.8. The monoisotopic (exact) mass is 506 g/mol. The number of carbonyl (C=O) groups excluding carboxylic acids is 2. The fraction of sp³-hybridized carbons (Fsp3) is 0.370. The highest BCUT2D eigenvalue weighted by atomic mass is 35.5. The third kappa shape index (κ3) is 5.32. The molecule has 1 saturated heterocycles. The number of hydrogen-bond acceptors (Lipinski definition) is 6. The minimum Gasteiger partial charge on any atom is -0.489 e. The number of ether oxygens (including phenoxy) is 2. The van der Waals surface area contributed by atoms with Gasteiger partial charge in [-0.3, -0.25) is 9.59 Å². The van der Waals surface area contributed by atoms with Crippen LogP contribution in [0.3, 0.4) is 0 Å². The summed E-state index contributed by atoms with van der Waals surface area (Å²) in [5.41, 5.74) is 1.30. The number of rotatable bonds is 3. The average molecular weight is 507 g/mol. The molecule has 0 aromatic heterocycles. The van der Waals surface area contributed by atoms with Gasteiger partial charge >= 0.3 is 0 Å². The van der Waals surface area contributed by atoms with Crippen molar-refractivity contribution < 1.29 is 19.1 Å². The van der Waals surface area contributed by atoms with Crippen molar-refractivity contribution in [3.8, 4) is 17.6 Å². The Morgan fingerprint density at radius 3 is 2.44 bits per heavy atom. The summed E-state index contributed by atoms with van der Waals surface area (Å²) in [4.78, 5) is 26.8. The van der Waals surface area contributed by atoms with E-state index >= 15 is 0 Å². The molecular formula is C27H27ClN4O4. The largest absolute Gasteiger partial charge is 0.489 e. The molecule has 2 fully saturated rings. The van der Waals surface area contributed by atoms with Crippen LogP contribution in [0.1, 0.15) is 40.2 Å². The zero-order chi connectivity index (χ0) is 25.1. The van der Waals surface area contributed by atoms with E-state index in [1.807, 2.05) is 30.4 Å². The van der Waals surface area contributed by atoms with Crippen LogP contribution in [-0.4, -0.2) is 49.7 Å². The molecular weight excluding hydrogens is 480 g/mol. The molecule has 1 saturated carbocycles. The Balaban J connectivity index is 1.48. The molecule has 2 aromatic carbocycles. The number of nitriles is 1. The maximum absolute atomic E-state index is 13.6. The van der Waals surface area contributed by atoms with Gasteiger partial charge in [-0.15, -0.1) is 0 Å². The number of amides is 2. The predicted octanol–water partition coefficient (Wildman–Crippen LogP) is 2.87. The lowest BCUT2D eigenvalue weighted by Gasteiger charge is -2.28. The van der Waals surface area contributed by atoms with Crippen molar-refractivity contribution in [3.63, 3.8) is 0 Å². The molecule has 6 rings (SSSR count). The number of benzene rings is 2. The van der Waals surface area contributed by atoms with Crippen LogP contribution in [0, 0.1) is 11.3 Å². The smallest absolute Gasteiger partial charge is 0.255 e. The van der Waals surface area contributed by atoms with Gasteiger partial charge in [0.05, 0.1) is 16.7 Å². The molecule has 36 heavy (non-hydrogen) atoms. The second kappa shape index (κ2) is 10.2. The maximum Gasteiger partial charge on any atom is 0.255 e. The van der Waals surface area contributed by atoms with Crippen LogP contribution >= 0.6 is 11.6 Å². The third-order valence-corrected chi connectivity index (χ3v) is 7.02. The molecule has 0 unspecified atom stereocenters. The van der Waals surface area contributed by atoms with Gasteiger partial charge in [-0.05, 0) is 60.4 Å². The van der Waals surface area contributed by atoms with Crippen molar-refractivity contribution in [3.05, 3.63) is 70.3 Å². The average Bonchev–Trinajstić information content (AvgIpc) is 3.60. The molecule has 3 aliphatic heterocycles. The summed E-state index contributed by atoms with van der Waals surface area (Å²) in [6.07, 6.45) is 5.02. The molecule has 3 N–H and O–H groups in total. The van der Waals surface area contributed by atoms with Crippen molar-refractivity contribution in [1.82, 2.24) is 16.0 Å². The van der Waals surface area contributed by atoms with Crippen molar-refractivity contribution in [1.29, 1.82) is 5.26 Å². The first-order valence-corrected chi connectivity index (χ1v) is 12.4. The molecule has 4 aliphatic rings. The Hall–Kier alpha value is -3.54. The molecule has 186 valence electrons. The Bertz CT molecular complexity index is 1250. The fourth-order valence-electron chi connectivity index (χ4n) is 4.22. The van der Waals surface area contributed by atoms with E-state index in [4.69, 9.17) is 21.1 Å². The summed E-state index contributed by atoms with van der Waals surface area (Å²) in [7, 11) is 0. The van der Waals surface area contributed by atoms with Crippen molar-refractivity contribution in [2.45, 2.75) is 36.8 Å². The molecule has 3 heterocycles. The van der Waals surface area contributed by atoms with E-state index in [1.54, 1.807) is 18.2 Å². The summed E-state index contributed by atoms with van der Waals surface area (Å²) < 4.78 is 11.6. The first kappa shape index (κ1) is 24.2. The third-order valence-electron chi connectivity index (χ3n) is 6.72. The summed E-state index contributed by atoms with van der Waals surface area (Å²) in [6.45, 7) is 2.25. The number of fused-ring (bicyclic) bond motifs is 9. The van der Waals surface area contributed by atoms with Crippen LogP contribution in [0.4, 0.5) is 0 Å². The minimum absolute atomic E-state index is 0.196. The lowest BCUT2D eigenvalue weighted by atomic mass is 9.92. The molecule has 8 nitrogen and oxygen atoms in total. The Labute approximate surface area is 214 Å². The number of nitrogens with one attached hydrogen (secondary N) is 3. The van der Waals surface area contributed by atoms with Gasteiger partial charge in [0, 0.05) is 25.4 Å². The van der Waals surface area contributed by atoms with Gasteiger partial charge < -0.3 is 25.4 Å². The Morgan fingerprint density at radius 1 is 1.08 bits per heavy atom. The van der Waals surface area contributed by atoms with E-state index in [-0.39, 0.29) is 13.0 Å². The van der Waals surface area contributed by atoms with Gasteiger partial charge in [0.1, 0.15) is 36.3 Å². The molecule has 0 spiro atoms. The van der Waals surface area contributed by atoms with Gasteiger partial charge in [-0.1, -0.05) is 23.7 Å². The fourth-order valence-corrected chi connectivity index (χ4v) is 4.48. The number of nitrogens with zero attached hydrogens (tertiary/aromatic N) is 1. The second-order valence-electron chi connectivity index (χ2n) is 9.38. The van der Waals surface area contributed by atoms with E-state index < -0.39 is 23.4 Å². The standard InChI is InChI=1S/C27H27ClN4O4/c28-21-11-17-3-5-24(21)36-10-2-1-9-35-23-6-4-18(19-14-30-15-19)13-20(23)25(33)31-22(12-17)26(34)32-27(16-29)7-8-27/h1-6,11,13,19,22,30H,7-10,12,14-15H2,(H,31,33)(H,32,34)/b2-1+/t22-/m0/s1. The van der Waals surface area contributed by atoms with Gasteiger partial charge in [-0.2, -0.15) is 5.26 Å². The lowest BCUT2D eigenvalue weighted by molar-refractivity contribution is -0.123. The highest BCUT2D eigenvalue weighted by molar-refractivity contribution is 6.32. The zero-order valence-electron chi connectivity index (χ0n) is 19.7. The number of hydrogen-bond donors (Lipinski definition) is 3. The molecule has 2 aromatic rings. The van der Waals surface area contributed by atoms with Crippen molar-refractivity contribution >= 4 is 23.4 Å². The first-order chi connectivity index (χ1) is 17.5. The van der Waals surface area contributed by atoms with E-state index in [1.165, 1.54) is 0 Å². The molecule has 0 radical (unpaired) electrons. The predicted molar refractivity (Wildman–Crippen MR) is 134 cm³/mol. The normalized spacial score (nSPS) is 22.0. The van der Waals surface area contributed by atoms with Crippen molar-refractivity contribution in [2.75, 3.05) is 26.3 Å². The van der Waals surface area contributed by atoms with Gasteiger partial charge in [0.15, 0.2) is 0 Å². The van der Waals surface area contributed by atoms with E-state index in [0.717, 1.165) is 24.2 Å². The van der Waals surface area contributed by atoms with Crippen molar-refractivity contribution in [2.24, 2.45) is 0 Å². The topological polar surface area (TPSA) is 112 Å². The summed E-state index contributed by atoms with van der Waals surface area (Å²) in [5.74, 6) is 0.453. The van der Waals surface area contributed by atoms with Crippen LogP contribution in [0.5, 0.6) is 11.5 Å². The van der Waals surface area contributed by atoms with Crippen LogP contribution in [-0.2, 0) is 11.2 Å².